The molecule has 0 spiro atoms. The van der Waals surface area contributed by atoms with Gasteiger partial charge in [0, 0.05) is 0 Å². The molecule has 15 heavy (non-hydrogen) atoms. The Morgan fingerprint density at radius 2 is 1.40 bits per heavy atom. The molecule has 0 radical (unpaired) electrons. The highest BCUT2D eigenvalue weighted by Gasteiger charge is 1.97. The number of hydrogen-bond acceptors (Lipinski definition) is 0. The Kier molecular flexibility index (Phi) is 8.46. The second-order valence-electron chi connectivity index (χ2n) is 3.39. The van der Waals surface area contributed by atoms with Gasteiger partial charge >= 0.3 is 0 Å². The summed E-state index contributed by atoms with van der Waals surface area (Å²) < 4.78 is 0. The molecule has 0 aliphatic carbocycles. The maximum atomic E-state index is 2.20. The monoisotopic (exact) mass is 202 g/mol. The number of hydrogen-bond donors (Lipinski definition) is 0. The third kappa shape index (κ3) is 6.73. The molecular formula is C15H22. The van der Waals surface area contributed by atoms with Gasteiger partial charge in [-0.1, -0.05) is 61.6 Å². The van der Waals surface area contributed by atoms with E-state index in [2.05, 4.69) is 50.3 Å². The van der Waals surface area contributed by atoms with E-state index >= 15 is 0 Å². The van der Waals surface area contributed by atoms with Gasteiger partial charge in [0.2, 0.25) is 0 Å². The topological polar surface area (TPSA) is 0 Å². The lowest BCUT2D eigenvalue weighted by Gasteiger charge is -2.04. The quantitative estimate of drug-likeness (QED) is 0.595. The van der Waals surface area contributed by atoms with E-state index in [0.29, 0.717) is 5.92 Å². The molecular weight excluding hydrogens is 180 g/mol. The van der Waals surface area contributed by atoms with Gasteiger partial charge in [0.1, 0.15) is 0 Å². The third-order valence-electron chi connectivity index (χ3n) is 2.14. The molecule has 0 aromatic heterocycles. The molecule has 0 N–H and O–H groups in total. The molecule has 1 unspecified atom stereocenters. The predicted octanol–water partition coefficient (Wildman–Crippen LogP) is 4.95. The van der Waals surface area contributed by atoms with Gasteiger partial charge in [0.05, 0.1) is 0 Å². The van der Waals surface area contributed by atoms with Gasteiger partial charge in [-0.3, -0.25) is 0 Å². The fourth-order valence-electron chi connectivity index (χ4n) is 1.16. The minimum atomic E-state index is 0.543. The summed E-state index contributed by atoms with van der Waals surface area (Å²) in [6.45, 7) is 8.26. The summed E-state index contributed by atoms with van der Waals surface area (Å²) in [4.78, 5) is 0. The Bertz CT molecular complexity index is 276. The van der Waals surface area contributed by atoms with Crippen LogP contribution in [0.1, 0.15) is 39.2 Å². The van der Waals surface area contributed by atoms with Crippen LogP contribution in [0.2, 0.25) is 0 Å². The summed E-state index contributed by atoms with van der Waals surface area (Å²) in [6, 6.07) is 10.5. The second kappa shape index (κ2) is 9.26. The summed E-state index contributed by atoms with van der Waals surface area (Å²) in [5, 5.41) is 0. The van der Waals surface area contributed by atoms with Crippen molar-refractivity contribution in [2.24, 2.45) is 0 Å². The van der Waals surface area contributed by atoms with Crippen LogP contribution in [0.15, 0.2) is 54.6 Å². The molecule has 0 heteroatoms. The van der Waals surface area contributed by atoms with Crippen LogP contribution in [0.4, 0.5) is 0 Å². The molecule has 0 bridgehead atoms. The molecule has 1 aromatic rings. The fourth-order valence-corrected chi connectivity index (χ4v) is 1.16. The Balaban J connectivity index is 0.000000423. The van der Waals surface area contributed by atoms with Crippen molar-refractivity contribution in [2.45, 2.75) is 33.6 Å². The van der Waals surface area contributed by atoms with Crippen LogP contribution in [-0.4, -0.2) is 0 Å². The van der Waals surface area contributed by atoms with E-state index in [-0.39, 0.29) is 0 Å². The minimum absolute atomic E-state index is 0.543. The molecule has 0 saturated heterocycles. The molecule has 0 amide bonds. The first kappa shape index (κ1) is 13.7. The van der Waals surface area contributed by atoms with E-state index in [0.717, 1.165) is 0 Å². The Labute approximate surface area is 94.3 Å². The molecule has 0 aliphatic rings. The van der Waals surface area contributed by atoms with E-state index in [9.17, 15) is 0 Å². The summed E-state index contributed by atoms with van der Waals surface area (Å²) in [6.07, 6.45) is 8.30. The van der Waals surface area contributed by atoms with Gasteiger partial charge in [-0.15, -0.1) is 0 Å². The number of rotatable bonds is 2. The van der Waals surface area contributed by atoms with Crippen molar-refractivity contribution in [1.82, 2.24) is 0 Å². The smallest absolute Gasteiger partial charge is 0.00105 e. The van der Waals surface area contributed by atoms with E-state index in [4.69, 9.17) is 0 Å². The zero-order valence-electron chi connectivity index (χ0n) is 10.3. The molecule has 0 heterocycles. The maximum absolute atomic E-state index is 2.20. The van der Waals surface area contributed by atoms with Crippen molar-refractivity contribution in [3.8, 4) is 0 Å². The molecule has 0 aliphatic heterocycles. The maximum Gasteiger partial charge on any atom is -0.00105 e. The average Bonchev–Trinajstić information content (AvgIpc) is 2.31. The second-order valence-corrected chi connectivity index (χ2v) is 3.39. The summed E-state index contributed by atoms with van der Waals surface area (Å²) in [5.41, 5.74) is 1.38. The number of allylic oxidation sites excluding steroid dienone is 4. The van der Waals surface area contributed by atoms with Crippen LogP contribution in [0.25, 0.3) is 0 Å². The zero-order valence-corrected chi connectivity index (χ0v) is 10.3. The predicted molar refractivity (Wildman–Crippen MR) is 70.2 cm³/mol. The average molecular weight is 202 g/mol. The molecule has 0 nitrogen and oxygen atoms in total. The van der Waals surface area contributed by atoms with E-state index < -0.39 is 0 Å². The van der Waals surface area contributed by atoms with E-state index in [1.54, 1.807) is 0 Å². The van der Waals surface area contributed by atoms with Gasteiger partial charge < -0.3 is 0 Å². The van der Waals surface area contributed by atoms with Crippen LogP contribution in [0, 0.1) is 0 Å². The normalized spacial score (nSPS) is 12.5. The van der Waals surface area contributed by atoms with Crippen molar-refractivity contribution in [3.05, 3.63) is 60.2 Å². The van der Waals surface area contributed by atoms with Crippen LogP contribution < -0.4 is 0 Å². The molecule has 82 valence electrons. The van der Waals surface area contributed by atoms with Crippen molar-refractivity contribution in [2.75, 3.05) is 0 Å². The summed E-state index contributed by atoms with van der Waals surface area (Å²) in [5.74, 6) is 0.543. The first-order valence-corrected chi connectivity index (χ1v) is 5.51. The molecule has 1 rings (SSSR count). The molecule has 1 aromatic carbocycles. The van der Waals surface area contributed by atoms with Gasteiger partial charge in [0.25, 0.3) is 0 Å². The lowest BCUT2D eigenvalue weighted by atomic mass is 10.0. The molecule has 0 fully saturated rings. The molecule has 1 atom stereocenters. The van der Waals surface area contributed by atoms with Crippen molar-refractivity contribution in [1.29, 1.82) is 0 Å². The SMILES string of the molecule is C/C=C/C(C)c1ccccc1.C/C=C\C. The largest absolute Gasteiger partial charge is 0.0919 e. The van der Waals surface area contributed by atoms with Crippen LogP contribution in [-0.2, 0) is 0 Å². The Morgan fingerprint density at radius 1 is 0.867 bits per heavy atom. The Hall–Kier alpha value is -1.30. The molecule has 0 saturated carbocycles. The minimum Gasteiger partial charge on any atom is -0.0919 e. The van der Waals surface area contributed by atoms with Gasteiger partial charge in [0.15, 0.2) is 0 Å². The summed E-state index contributed by atoms with van der Waals surface area (Å²) in [7, 11) is 0. The van der Waals surface area contributed by atoms with Crippen LogP contribution in [0.3, 0.4) is 0 Å². The van der Waals surface area contributed by atoms with Crippen LogP contribution >= 0.6 is 0 Å². The van der Waals surface area contributed by atoms with Gasteiger partial charge in [-0.2, -0.15) is 0 Å². The lowest BCUT2D eigenvalue weighted by Crippen LogP contribution is -1.86. The van der Waals surface area contributed by atoms with Crippen molar-refractivity contribution < 1.29 is 0 Å². The highest BCUT2D eigenvalue weighted by molar-refractivity contribution is 5.22. The highest BCUT2D eigenvalue weighted by Crippen LogP contribution is 2.14. The lowest BCUT2D eigenvalue weighted by molar-refractivity contribution is 0.965. The highest BCUT2D eigenvalue weighted by atomic mass is 14.0. The van der Waals surface area contributed by atoms with Gasteiger partial charge in [-0.25, -0.2) is 0 Å². The Morgan fingerprint density at radius 3 is 1.80 bits per heavy atom. The van der Waals surface area contributed by atoms with E-state index in [1.165, 1.54) is 5.56 Å². The third-order valence-corrected chi connectivity index (χ3v) is 2.14. The zero-order chi connectivity index (χ0) is 11.5. The van der Waals surface area contributed by atoms with Crippen molar-refractivity contribution >= 4 is 0 Å². The first-order chi connectivity index (χ1) is 7.26. The standard InChI is InChI=1S/C11H14.C4H8/c1-3-7-10(2)11-8-5-4-6-9-11;1-3-4-2/h3-10H,1-2H3;3-4H,1-2H3/b7-3+;4-3-. The first-order valence-electron chi connectivity index (χ1n) is 5.51. The summed E-state index contributed by atoms with van der Waals surface area (Å²) >= 11 is 0. The number of benzene rings is 1. The van der Waals surface area contributed by atoms with Crippen LogP contribution in [0.5, 0.6) is 0 Å². The van der Waals surface area contributed by atoms with Crippen molar-refractivity contribution in [3.63, 3.8) is 0 Å². The fraction of sp³-hybridized carbons (Fsp3) is 0.333. The van der Waals surface area contributed by atoms with E-state index in [1.807, 2.05) is 32.1 Å². The van der Waals surface area contributed by atoms with Gasteiger partial charge in [-0.05, 0) is 32.3 Å².